The maximum atomic E-state index is 5.81. The first-order chi connectivity index (χ1) is 14.4. The molecule has 1 aromatic carbocycles. The highest BCUT2D eigenvalue weighted by molar-refractivity contribution is 14.0. The molecule has 1 aliphatic heterocycles. The van der Waals surface area contributed by atoms with Crippen LogP contribution in [0.15, 0.2) is 35.6 Å². The number of nitrogens with zero attached hydrogens (tertiary/aromatic N) is 4. The van der Waals surface area contributed by atoms with Gasteiger partial charge >= 0.3 is 0 Å². The summed E-state index contributed by atoms with van der Waals surface area (Å²) in [5, 5.41) is 10.6. The number of aliphatic imine (C=N–C) groups is 1. The molecule has 172 valence electrons. The van der Waals surface area contributed by atoms with Gasteiger partial charge in [-0.3, -0.25) is 10.1 Å². The Labute approximate surface area is 203 Å². The Hall–Kier alpha value is -1.84. The SMILES string of the molecule is CN=C(NCC(C)(C)c1ccc(OCC(C)C)cc1)N1CCC(c2ncn[nH]2)CC1.I. The number of benzene rings is 1. The summed E-state index contributed by atoms with van der Waals surface area (Å²) in [6.45, 7) is 12.3. The lowest BCUT2D eigenvalue weighted by Crippen LogP contribution is -2.48. The molecule has 0 bridgehead atoms. The van der Waals surface area contributed by atoms with Gasteiger partial charge in [-0.15, -0.1) is 24.0 Å². The standard InChI is InChI=1S/C23H36N6O.HI/c1-17(2)14-30-20-8-6-19(7-9-20)23(3,4)15-25-22(24-5)29-12-10-18(11-13-29)21-26-16-27-28-21;/h6-9,16-18H,10-15H2,1-5H3,(H,24,25)(H,26,27,28);1H. The molecule has 2 heterocycles. The Balaban J connectivity index is 0.00000341. The molecule has 2 N–H and O–H groups in total. The molecule has 0 radical (unpaired) electrons. The molecule has 3 rings (SSSR count). The Morgan fingerprint density at radius 1 is 1.26 bits per heavy atom. The van der Waals surface area contributed by atoms with E-state index in [0.29, 0.717) is 11.8 Å². The summed E-state index contributed by atoms with van der Waals surface area (Å²) in [4.78, 5) is 11.2. The number of rotatable bonds is 7. The van der Waals surface area contributed by atoms with Crippen LogP contribution in [0.3, 0.4) is 0 Å². The van der Waals surface area contributed by atoms with Crippen LogP contribution < -0.4 is 10.1 Å². The van der Waals surface area contributed by atoms with Crippen molar-refractivity contribution in [2.24, 2.45) is 10.9 Å². The van der Waals surface area contributed by atoms with E-state index in [1.54, 1.807) is 6.33 Å². The van der Waals surface area contributed by atoms with E-state index in [4.69, 9.17) is 4.74 Å². The van der Waals surface area contributed by atoms with Crippen molar-refractivity contribution in [1.82, 2.24) is 25.4 Å². The fraction of sp³-hybridized carbons (Fsp3) is 0.609. The van der Waals surface area contributed by atoms with Gasteiger partial charge in [0.25, 0.3) is 0 Å². The summed E-state index contributed by atoms with van der Waals surface area (Å²) in [5.41, 5.74) is 1.26. The summed E-state index contributed by atoms with van der Waals surface area (Å²) in [5.74, 6) is 3.88. The summed E-state index contributed by atoms with van der Waals surface area (Å²) >= 11 is 0. The van der Waals surface area contributed by atoms with Crippen LogP contribution in [-0.2, 0) is 5.41 Å². The molecule has 31 heavy (non-hydrogen) atoms. The number of nitrogens with one attached hydrogen (secondary N) is 2. The summed E-state index contributed by atoms with van der Waals surface area (Å²) < 4.78 is 5.81. The van der Waals surface area contributed by atoms with Gasteiger partial charge in [0.1, 0.15) is 17.9 Å². The normalized spacial score (nSPS) is 15.7. The minimum absolute atomic E-state index is 0. The van der Waals surface area contributed by atoms with Gasteiger partial charge in [0.15, 0.2) is 5.96 Å². The Morgan fingerprint density at radius 3 is 2.48 bits per heavy atom. The third-order valence-corrected chi connectivity index (χ3v) is 5.73. The number of guanidine groups is 1. The van der Waals surface area contributed by atoms with Gasteiger partial charge < -0.3 is 15.0 Å². The van der Waals surface area contributed by atoms with Gasteiger partial charge in [-0.05, 0) is 36.5 Å². The molecule has 0 aliphatic carbocycles. The number of likely N-dealkylation sites (tertiary alicyclic amines) is 1. The van der Waals surface area contributed by atoms with Gasteiger partial charge in [0.05, 0.1) is 6.61 Å². The highest BCUT2D eigenvalue weighted by Gasteiger charge is 2.26. The van der Waals surface area contributed by atoms with E-state index in [9.17, 15) is 0 Å². The predicted octanol–water partition coefficient (Wildman–Crippen LogP) is 4.19. The number of aromatic amines is 1. The lowest BCUT2D eigenvalue weighted by molar-refractivity contribution is 0.271. The van der Waals surface area contributed by atoms with Crippen LogP contribution in [0.5, 0.6) is 5.75 Å². The quantitative estimate of drug-likeness (QED) is 0.313. The maximum Gasteiger partial charge on any atom is 0.193 e. The van der Waals surface area contributed by atoms with E-state index in [1.807, 2.05) is 7.05 Å². The molecule has 0 unspecified atom stereocenters. The van der Waals surface area contributed by atoms with Crippen molar-refractivity contribution in [2.45, 2.75) is 51.9 Å². The van der Waals surface area contributed by atoms with Gasteiger partial charge in [-0.2, -0.15) is 5.10 Å². The number of hydrogen-bond acceptors (Lipinski definition) is 4. The fourth-order valence-corrected chi connectivity index (χ4v) is 3.78. The largest absolute Gasteiger partial charge is 0.493 e. The first-order valence-corrected chi connectivity index (χ1v) is 10.9. The molecule has 1 saturated heterocycles. The molecule has 1 aromatic heterocycles. The molecule has 0 atom stereocenters. The average Bonchev–Trinajstić information content (AvgIpc) is 3.28. The van der Waals surface area contributed by atoms with E-state index in [-0.39, 0.29) is 29.4 Å². The third kappa shape index (κ3) is 7.08. The summed E-state index contributed by atoms with van der Waals surface area (Å²) in [6, 6.07) is 8.48. The van der Waals surface area contributed by atoms with Crippen LogP contribution in [0.2, 0.25) is 0 Å². The molecule has 2 aromatic rings. The van der Waals surface area contributed by atoms with Gasteiger partial charge in [0, 0.05) is 38.0 Å². The van der Waals surface area contributed by atoms with Gasteiger partial charge in [-0.25, -0.2) is 4.98 Å². The van der Waals surface area contributed by atoms with Gasteiger partial charge in [-0.1, -0.05) is 39.8 Å². The molecule has 0 saturated carbocycles. The zero-order valence-electron chi connectivity index (χ0n) is 19.4. The van der Waals surface area contributed by atoms with E-state index in [2.05, 4.69) is 82.4 Å². The molecule has 1 fully saturated rings. The van der Waals surface area contributed by atoms with Gasteiger partial charge in [0.2, 0.25) is 0 Å². The van der Waals surface area contributed by atoms with Crippen LogP contribution >= 0.6 is 24.0 Å². The molecule has 8 heteroatoms. The highest BCUT2D eigenvalue weighted by atomic mass is 127. The Morgan fingerprint density at radius 2 is 1.94 bits per heavy atom. The van der Waals surface area contributed by atoms with Crippen molar-refractivity contribution in [3.05, 3.63) is 42.0 Å². The van der Waals surface area contributed by atoms with Crippen molar-refractivity contribution < 1.29 is 4.74 Å². The van der Waals surface area contributed by atoms with E-state index in [0.717, 1.165) is 56.6 Å². The smallest absolute Gasteiger partial charge is 0.193 e. The van der Waals surface area contributed by atoms with Crippen LogP contribution in [-0.4, -0.2) is 59.3 Å². The number of hydrogen-bond donors (Lipinski definition) is 2. The minimum atomic E-state index is -0.0231. The van der Waals surface area contributed by atoms with Crippen molar-refractivity contribution in [3.63, 3.8) is 0 Å². The highest BCUT2D eigenvalue weighted by Crippen LogP contribution is 2.27. The second-order valence-corrected chi connectivity index (χ2v) is 9.15. The molecule has 0 amide bonds. The van der Waals surface area contributed by atoms with Crippen molar-refractivity contribution >= 4 is 29.9 Å². The van der Waals surface area contributed by atoms with E-state index in [1.165, 1.54) is 5.56 Å². The van der Waals surface area contributed by atoms with Crippen LogP contribution in [0.4, 0.5) is 0 Å². The molecule has 7 nitrogen and oxygen atoms in total. The molecular weight excluding hydrogens is 503 g/mol. The Kier molecular flexibility index (Phi) is 9.58. The molecule has 0 spiro atoms. The van der Waals surface area contributed by atoms with E-state index < -0.39 is 0 Å². The lowest BCUT2D eigenvalue weighted by Gasteiger charge is -2.35. The zero-order chi connectivity index (χ0) is 21.6. The predicted molar refractivity (Wildman–Crippen MR) is 137 cm³/mol. The van der Waals surface area contributed by atoms with Crippen LogP contribution in [0.25, 0.3) is 0 Å². The van der Waals surface area contributed by atoms with Crippen LogP contribution in [0.1, 0.15) is 57.8 Å². The number of piperidine rings is 1. The van der Waals surface area contributed by atoms with Crippen molar-refractivity contribution in [1.29, 1.82) is 0 Å². The van der Waals surface area contributed by atoms with Crippen molar-refractivity contribution in [3.8, 4) is 5.75 Å². The fourth-order valence-electron chi connectivity index (χ4n) is 3.78. The van der Waals surface area contributed by atoms with Crippen LogP contribution in [0, 0.1) is 5.92 Å². The maximum absolute atomic E-state index is 5.81. The number of H-pyrrole nitrogens is 1. The average molecular weight is 540 g/mol. The minimum Gasteiger partial charge on any atom is -0.493 e. The molecule has 1 aliphatic rings. The van der Waals surface area contributed by atoms with E-state index >= 15 is 0 Å². The first-order valence-electron chi connectivity index (χ1n) is 10.9. The second kappa shape index (κ2) is 11.7. The topological polar surface area (TPSA) is 78.4 Å². The zero-order valence-corrected chi connectivity index (χ0v) is 21.7. The number of halogens is 1. The molecular formula is C23H37IN6O. The summed E-state index contributed by atoms with van der Waals surface area (Å²) in [7, 11) is 1.86. The third-order valence-electron chi connectivity index (χ3n) is 5.73. The lowest BCUT2D eigenvalue weighted by atomic mass is 9.84. The Bertz CT molecular complexity index is 796. The number of ether oxygens (including phenoxy) is 1. The monoisotopic (exact) mass is 540 g/mol. The number of aromatic nitrogens is 3. The summed E-state index contributed by atoms with van der Waals surface area (Å²) in [6.07, 6.45) is 3.70. The second-order valence-electron chi connectivity index (χ2n) is 9.15. The first kappa shape index (κ1) is 25.4. The van der Waals surface area contributed by atoms with Crippen molar-refractivity contribution in [2.75, 3.05) is 33.3 Å².